The zero-order valence-corrected chi connectivity index (χ0v) is 20.6. The molecule has 186 valence electrons. The molecule has 0 aliphatic carbocycles. The maximum Gasteiger partial charge on any atom is 0.254 e. The molecule has 0 heterocycles. The van der Waals surface area contributed by atoms with Crippen LogP contribution in [-0.2, 0) is 16.1 Å². The molecule has 1 atom stereocenters. The second-order valence-electron chi connectivity index (χ2n) is 7.54. The molecule has 9 heteroatoms. The van der Waals surface area contributed by atoms with Crippen molar-refractivity contribution in [3.05, 3.63) is 88.7 Å². The smallest absolute Gasteiger partial charge is 0.254 e. The monoisotopic (exact) mass is 501 g/mol. The van der Waals surface area contributed by atoms with Crippen LogP contribution in [0.15, 0.2) is 60.7 Å². The maximum atomic E-state index is 14.6. The van der Waals surface area contributed by atoms with Gasteiger partial charge >= 0.3 is 0 Å². The molecule has 0 aliphatic heterocycles. The number of nitrogens with two attached hydrogens (primary N) is 1. The lowest BCUT2D eigenvalue weighted by Gasteiger charge is -2.19. The summed E-state index contributed by atoms with van der Waals surface area (Å²) in [6.45, 7) is 3.97. The molecule has 0 aliphatic rings. The van der Waals surface area contributed by atoms with Crippen molar-refractivity contribution >= 4 is 24.1 Å². The number of rotatable bonds is 10. The molecule has 0 radical (unpaired) electrons. The molecule has 4 N–H and O–H groups in total. The van der Waals surface area contributed by atoms with E-state index in [-0.39, 0.29) is 37.0 Å². The van der Waals surface area contributed by atoms with Crippen molar-refractivity contribution in [3.8, 4) is 17.2 Å². The van der Waals surface area contributed by atoms with Gasteiger partial charge in [-0.15, -0.1) is 12.4 Å². The molecule has 0 spiro atoms. The van der Waals surface area contributed by atoms with E-state index in [4.69, 9.17) is 25.4 Å². The average Bonchev–Trinajstić information content (AvgIpc) is 2.83. The fourth-order valence-electron chi connectivity index (χ4n) is 3.35. The summed E-state index contributed by atoms with van der Waals surface area (Å²) in [7, 11) is 1.44. The minimum Gasteiger partial charge on any atom is -0.497 e. The summed E-state index contributed by atoms with van der Waals surface area (Å²) in [5, 5.41) is 10.5. The summed E-state index contributed by atoms with van der Waals surface area (Å²) in [5.74, 6) is 0.247. The second-order valence-corrected chi connectivity index (χ2v) is 7.54. The number of nitrogen functional groups attached to an aromatic ring is 1. The highest BCUT2D eigenvalue weighted by Gasteiger charge is 2.25. The summed E-state index contributed by atoms with van der Waals surface area (Å²) < 4.78 is 31.3. The number of carbonyl (C=O) groups excluding carboxylic acids is 1. The number of methoxy groups -OCH3 is 1. The third kappa shape index (κ3) is 6.94. The van der Waals surface area contributed by atoms with Crippen molar-refractivity contribution in [3.63, 3.8) is 0 Å². The van der Waals surface area contributed by atoms with E-state index in [0.29, 0.717) is 28.4 Å². The number of para-hydroxylation sites is 1. The van der Waals surface area contributed by atoms with Gasteiger partial charge in [0.25, 0.3) is 5.91 Å². The molecular weight excluding hydrogens is 473 g/mol. The number of halogens is 2. The molecule has 3 aromatic rings. The Morgan fingerprint density at radius 1 is 1.11 bits per heavy atom. The maximum absolute atomic E-state index is 14.6. The molecular formula is C26H29ClFN3O4. The van der Waals surface area contributed by atoms with Gasteiger partial charge in [0.2, 0.25) is 0 Å². The lowest BCUT2D eigenvalue weighted by molar-refractivity contribution is -0.133. The van der Waals surface area contributed by atoms with Crippen molar-refractivity contribution in [2.45, 2.75) is 26.5 Å². The molecule has 0 fully saturated rings. The van der Waals surface area contributed by atoms with Crippen molar-refractivity contribution in [1.29, 1.82) is 5.41 Å². The number of hydrogen-bond donors (Lipinski definition) is 3. The molecule has 0 unspecified atom stereocenters. The number of nitrogens with one attached hydrogen (secondary N) is 2. The number of ether oxygens (including phenoxy) is 3. The SMILES string of the molecule is CCO[C@H](C(=O)NCc1ccc(C(=N)N)cc1Oc1ccccc1C)c1ccc(OC)cc1F.Cl. The molecule has 3 aromatic carbocycles. The topological polar surface area (TPSA) is 107 Å². The van der Waals surface area contributed by atoms with Crippen molar-refractivity contribution in [1.82, 2.24) is 5.32 Å². The molecule has 3 rings (SSSR count). The van der Waals surface area contributed by atoms with Crippen molar-refractivity contribution < 1.29 is 23.4 Å². The van der Waals surface area contributed by atoms with Gasteiger partial charge in [-0.2, -0.15) is 0 Å². The largest absolute Gasteiger partial charge is 0.497 e. The summed E-state index contributed by atoms with van der Waals surface area (Å²) in [6.07, 6.45) is -1.13. The van der Waals surface area contributed by atoms with E-state index < -0.39 is 17.8 Å². The van der Waals surface area contributed by atoms with Gasteiger partial charge in [0.1, 0.15) is 28.9 Å². The van der Waals surface area contributed by atoms with Crippen LogP contribution in [-0.4, -0.2) is 25.5 Å². The lowest BCUT2D eigenvalue weighted by Crippen LogP contribution is -2.31. The average molecular weight is 502 g/mol. The third-order valence-electron chi connectivity index (χ3n) is 5.21. The molecule has 0 bridgehead atoms. The van der Waals surface area contributed by atoms with E-state index in [1.165, 1.54) is 19.2 Å². The lowest BCUT2D eigenvalue weighted by atomic mass is 10.1. The van der Waals surface area contributed by atoms with E-state index >= 15 is 0 Å². The summed E-state index contributed by atoms with van der Waals surface area (Å²) in [5.41, 5.74) is 7.84. The Balaban J connectivity index is 0.00000432. The quantitative estimate of drug-likeness (QED) is 0.267. The number of benzene rings is 3. The Hall–Kier alpha value is -3.62. The molecule has 1 amide bonds. The Labute approximate surface area is 210 Å². The Kier molecular flexibility index (Phi) is 10.1. The number of amides is 1. The van der Waals surface area contributed by atoms with E-state index in [9.17, 15) is 9.18 Å². The highest BCUT2D eigenvalue weighted by Crippen LogP contribution is 2.30. The predicted octanol–water partition coefficient (Wildman–Crippen LogP) is 5.03. The van der Waals surface area contributed by atoms with Crippen LogP contribution in [0.2, 0.25) is 0 Å². The third-order valence-corrected chi connectivity index (χ3v) is 5.21. The van der Waals surface area contributed by atoms with Gasteiger partial charge in [-0.1, -0.05) is 30.3 Å². The fraction of sp³-hybridized carbons (Fsp3) is 0.231. The van der Waals surface area contributed by atoms with Crippen LogP contribution < -0.4 is 20.5 Å². The summed E-state index contributed by atoms with van der Waals surface area (Å²) >= 11 is 0. The van der Waals surface area contributed by atoms with E-state index in [0.717, 1.165) is 5.56 Å². The van der Waals surface area contributed by atoms with E-state index in [1.807, 2.05) is 31.2 Å². The summed E-state index contributed by atoms with van der Waals surface area (Å²) in [6, 6.07) is 16.8. The van der Waals surface area contributed by atoms with Crippen LogP contribution in [0.5, 0.6) is 17.2 Å². The zero-order valence-electron chi connectivity index (χ0n) is 19.8. The zero-order chi connectivity index (χ0) is 24.7. The number of carbonyl (C=O) groups is 1. The fourth-order valence-corrected chi connectivity index (χ4v) is 3.35. The van der Waals surface area contributed by atoms with Gasteiger partial charge in [-0.3, -0.25) is 10.2 Å². The van der Waals surface area contributed by atoms with Gasteiger partial charge in [-0.25, -0.2) is 4.39 Å². The van der Waals surface area contributed by atoms with Crippen molar-refractivity contribution in [2.24, 2.45) is 5.73 Å². The Bertz CT molecular complexity index is 1190. The Morgan fingerprint density at radius 3 is 2.49 bits per heavy atom. The number of hydrogen-bond acceptors (Lipinski definition) is 5. The van der Waals surface area contributed by atoms with Crippen LogP contribution >= 0.6 is 12.4 Å². The van der Waals surface area contributed by atoms with Gasteiger partial charge in [-0.05, 0) is 43.7 Å². The van der Waals surface area contributed by atoms with Crippen LogP contribution in [0.1, 0.15) is 35.3 Å². The van der Waals surface area contributed by atoms with Crippen molar-refractivity contribution in [2.75, 3.05) is 13.7 Å². The minimum absolute atomic E-state index is 0. The molecule has 0 saturated carbocycles. The standard InChI is InChI=1S/C26H28FN3O4.ClH/c1-4-33-24(20-12-11-19(32-3)14-21(20)27)26(31)30-15-18-10-9-17(25(28)29)13-23(18)34-22-8-6-5-7-16(22)2;/h5-14,24H,4,15H2,1-3H3,(H3,28,29)(H,30,31);1H/t24-;/m0./s1. The first-order chi connectivity index (χ1) is 16.3. The van der Waals surface area contributed by atoms with Crippen LogP contribution in [0.3, 0.4) is 0 Å². The van der Waals surface area contributed by atoms with Gasteiger partial charge in [0, 0.05) is 35.9 Å². The highest BCUT2D eigenvalue weighted by molar-refractivity contribution is 5.95. The Morgan fingerprint density at radius 2 is 1.86 bits per heavy atom. The van der Waals surface area contributed by atoms with Gasteiger partial charge in [0.05, 0.1) is 7.11 Å². The second kappa shape index (κ2) is 12.7. The first-order valence-corrected chi connectivity index (χ1v) is 10.8. The first kappa shape index (κ1) is 27.6. The van der Waals surface area contributed by atoms with Gasteiger partial charge < -0.3 is 25.3 Å². The van der Waals surface area contributed by atoms with Crippen LogP contribution in [0.4, 0.5) is 4.39 Å². The minimum atomic E-state index is -1.13. The number of amidine groups is 1. The molecule has 35 heavy (non-hydrogen) atoms. The van der Waals surface area contributed by atoms with Crippen LogP contribution in [0, 0.1) is 18.2 Å². The molecule has 7 nitrogen and oxygen atoms in total. The number of aryl methyl sites for hydroxylation is 1. The van der Waals surface area contributed by atoms with Gasteiger partial charge in [0.15, 0.2) is 6.10 Å². The molecule has 0 saturated heterocycles. The highest BCUT2D eigenvalue weighted by atomic mass is 35.5. The summed E-state index contributed by atoms with van der Waals surface area (Å²) in [4.78, 5) is 13.0. The molecule has 0 aromatic heterocycles. The predicted molar refractivity (Wildman–Crippen MR) is 135 cm³/mol. The normalized spacial score (nSPS) is 11.2. The van der Waals surface area contributed by atoms with Crippen LogP contribution in [0.25, 0.3) is 0 Å². The van der Waals surface area contributed by atoms with E-state index in [1.54, 1.807) is 31.2 Å². The van der Waals surface area contributed by atoms with E-state index in [2.05, 4.69) is 5.32 Å². The first-order valence-electron chi connectivity index (χ1n) is 10.8.